The maximum Gasteiger partial charge on any atom is 0.0714 e. The Bertz CT molecular complexity index is 3750. The first-order valence-electron chi connectivity index (χ1n) is 23.1. The first-order chi connectivity index (χ1) is 33.2. The van der Waals surface area contributed by atoms with Crippen LogP contribution in [0.15, 0.2) is 261 Å². The van der Waals surface area contributed by atoms with Gasteiger partial charge in [-0.2, -0.15) is 0 Å². The molecule has 12 aromatic rings. The maximum atomic E-state index is 2.46. The van der Waals surface area contributed by atoms with Crippen molar-refractivity contribution in [1.29, 1.82) is 0 Å². The molecular weight excluding hydrogens is 827 g/mol. The molecule has 0 N–H and O–H groups in total. The van der Waals surface area contributed by atoms with Gasteiger partial charge in [0.1, 0.15) is 0 Å². The molecule has 1 heterocycles. The molecule has 0 saturated heterocycles. The second-order valence-corrected chi connectivity index (χ2v) is 18.7. The topological polar surface area (TPSA) is 3.24 Å². The van der Waals surface area contributed by atoms with Crippen LogP contribution in [0.25, 0.3) is 75.5 Å². The molecule has 0 atom stereocenters. The Morgan fingerprint density at radius 2 is 0.806 bits per heavy atom. The highest BCUT2D eigenvalue weighted by Gasteiger charge is 2.46. The van der Waals surface area contributed by atoms with Crippen LogP contribution in [0.2, 0.25) is 0 Å². The van der Waals surface area contributed by atoms with E-state index in [0.29, 0.717) is 0 Å². The van der Waals surface area contributed by atoms with Crippen LogP contribution >= 0.6 is 11.3 Å². The molecule has 0 saturated carbocycles. The number of thiophene rings is 1. The van der Waals surface area contributed by atoms with E-state index in [-0.39, 0.29) is 0 Å². The van der Waals surface area contributed by atoms with Crippen molar-refractivity contribution in [2.75, 3.05) is 4.90 Å². The molecule has 0 radical (unpaired) electrons. The van der Waals surface area contributed by atoms with Crippen molar-refractivity contribution in [1.82, 2.24) is 0 Å². The summed E-state index contributed by atoms with van der Waals surface area (Å²) in [6.07, 6.45) is 0. The van der Waals surface area contributed by atoms with Gasteiger partial charge in [-0.1, -0.05) is 206 Å². The Morgan fingerprint density at radius 1 is 0.284 bits per heavy atom. The smallest absolute Gasteiger partial charge is 0.0714 e. The molecule has 1 nitrogen and oxygen atoms in total. The molecule has 0 aliphatic heterocycles. The van der Waals surface area contributed by atoms with E-state index in [0.717, 1.165) is 17.1 Å². The van der Waals surface area contributed by atoms with Gasteiger partial charge >= 0.3 is 0 Å². The largest absolute Gasteiger partial charge is 0.310 e. The molecule has 0 unspecified atom stereocenters. The lowest BCUT2D eigenvalue weighted by atomic mass is 9.67. The van der Waals surface area contributed by atoms with Gasteiger partial charge in [-0.05, 0) is 132 Å². The summed E-state index contributed by atoms with van der Waals surface area (Å²) >= 11 is 1.87. The van der Waals surface area contributed by atoms with Gasteiger partial charge < -0.3 is 4.90 Å². The average Bonchev–Trinajstić information content (AvgIpc) is 3.93. The molecule has 0 amide bonds. The minimum absolute atomic E-state index is 0.510. The van der Waals surface area contributed by atoms with Gasteiger partial charge in [-0.3, -0.25) is 0 Å². The van der Waals surface area contributed by atoms with E-state index in [2.05, 4.69) is 266 Å². The summed E-state index contributed by atoms with van der Waals surface area (Å²) < 4.78 is 2.64. The van der Waals surface area contributed by atoms with Crippen LogP contribution in [0.1, 0.15) is 22.3 Å². The number of benzene rings is 11. The number of hydrogen-bond donors (Lipinski definition) is 0. The van der Waals surface area contributed by atoms with Gasteiger partial charge in [0, 0.05) is 37.2 Å². The predicted molar refractivity (Wildman–Crippen MR) is 285 cm³/mol. The van der Waals surface area contributed by atoms with Crippen LogP contribution in [0.4, 0.5) is 17.1 Å². The molecule has 13 rings (SSSR count). The van der Waals surface area contributed by atoms with Crippen molar-refractivity contribution in [3.63, 3.8) is 0 Å². The first-order valence-corrected chi connectivity index (χ1v) is 23.9. The summed E-state index contributed by atoms with van der Waals surface area (Å²) in [5, 5.41) is 5.16. The fourth-order valence-corrected chi connectivity index (χ4v) is 12.0. The zero-order valence-electron chi connectivity index (χ0n) is 36.7. The van der Waals surface area contributed by atoms with E-state index in [1.807, 2.05) is 11.3 Å². The van der Waals surface area contributed by atoms with Crippen molar-refractivity contribution < 1.29 is 0 Å². The lowest BCUT2D eigenvalue weighted by Gasteiger charge is -2.35. The fraction of sp³-hybridized carbons (Fsp3) is 0.0154. The highest BCUT2D eigenvalue weighted by molar-refractivity contribution is 7.25. The van der Waals surface area contributed by atoms with Crippen molar-refractivity contribution >= 4 is 59.3 Å². The highest BCUT2D eigenvalue weighted by atomic mass is 32.1. The summed E-state index contributed by atoms with van der Waals surface area (Å²) in [6.45, 7) is 0. The van der Waals surface area contributed by atoms with Crippen LogP contribution < -0.4 is 4.90 Å². The van der Waals surface area contributed by atoms with Gasteiger partial charge in [0.15, 0.2) is 0 Å². The standard InChI is InChI=1S/C65H43NS/c1-3-19-50(20-4-1)65(51-21-5-2-6-22-51)61-27-11-9-24-57(61)58-40-38-54(43-62(58)65)66(53-36-31-45(32-37-53)48-33-39-60-59-25-10-12-28-63(59)67-64(60)42-48)52-34-29-44(30-35-52)47-17-13-18-49(41-47)56-26-14-16-46-15-7-8-23-55(46)56/h1-43H. The number of anilines is 3. The first kappa shape index (κ1) is 39.1. The molecule has 314 valence electrons. The van der Waals surface area contributed by atoms with Crippen molar-refractivity contribution in [3.8, 4) is 44.5 Å². The van der Waals surface area contributed by atoms with Crippen molar-refractivity contribution in [3.05, 3.63) is 283 Å². The van der Waals surface area contributed by atoms with Crippen molar-refractivity contribution in [2.24, 2.45) is 0 Å². The van der Waals surface area contributed by atoms with E-state index in [1.165, 1.54) is 97.7 Å². The minimum Gasteiger partial charge on any atom is -0.310 e. The number of hydrogen-bond acceptors (Lipinski definition) is 2. The normalized spacial score (nSPS) is 12.6. The second-order valence-electron chi connectivity index (χ2n) is 17.6. The zero-order valence-corrected chi connectivity index (χ0v) is 37.5. The van der Waals surface area contributed by atoms with Gasteiger partial charge in [0.2, 0.25) is 0 Å². The average molecular weight is 870 g/mol. The predicted octanol–water partition coefficient (Wildman–Crippen LogP) is 18.0. The van der Waals surface area contributed by atoms with Crippen LogP contribution in [-0.2, 0) is 5.41 Å². The van der Waals surface area contributed by atoms with Gasteiger partial charge in [-0.15, -0.1) is 11.3 Å². The zero-order chi connectivity index (χ0) is 44.3. The quantitative estimate of drug-likeness (QED) is 0.147. The van der Waals surface area contributed by atoms with Crippen LogP contribution in [0.3, 0.4) is 0 Å². The van der Waals surface area contributed by atoms with Gasteiger partial charge in [0.25, 0.3) is 0 Å². The van der Waals surface area contributed by atoms with Crippen LogP contribution in [0.5, 0.6) is 0 Å². The third-order valence-electron chi connectivity index (χ3n) is 14.0. The third kappa shape index (κ3) is 6.44. The second kappa shape index (κ2) is 16.0. The van der Waals surface area contributed by atoms with Crippen LogP contribution in [-0.4, -0.2) is 0 Å². The Kier molecular flexibility index (Phi) is 9.33. The molecule has 67 heavy (non-hydrogen) atoms. The molecule has 1 aliphatic rings. The number of rotatable bonds is 8. The minimum atomic E-state index is -0.510. The van der Waals surface area contributed by atoms with Crippen molar-refractivity contribution in [2.45, 2.75) is 5.41 Å². The summed E-state index contributed by atoms with van der Waals surface area (Å²) in [6, 6.07) is 96.3. The molecule has 2 heteroatoms. The van der Waals surface area contributed by atoms with E-state index < -0.39 is 5.41 Å². The third-order valence-corrected chi connectivity index (χ3v) is 15.1. The lowest BCUT2D eigenvalue weighted by Crippen LogP contribution is -2.28. The molecule has 0 spiro atoms. The molecular formula is C65H43NS. The van der Waals surface area contributed by atoms with E-state index in [9.17, 15) is 0 Å². The van der Waals surface area contributed by atoms with Crippen LogP contribution in [0, 0.1) is 0 Å². The Hall–Kier alpha value is -8.30. The Labute approximate surface area is 395 Å². The Balaban J connectivity index is 0.952. The van der Waals surface area contributed by atoms with E-state index in [1.54, 1.807) is 0 Å². The van der Waals surface area contributed by atoms with E-state index in [4.69, 9.17) is 0 Å². The number of fused-ring (bicyclic) bond motifs is 7. The molecule has 11 aromatic carbocycles. The summed E-state index contributed by atoms with van der Waals surface area (Å²) in [4.78, 5) is 2.43. The maximum absolute atomic E-state index is 2.46. The fourth-order valence-electron chi connectivity index (χ4n) is 10.9. The monoisotopic (exact) mass is 869 g/mol. The summed E-state index contributed by atoms with van der Waals surface area (Å²) in [7, 11) is 0. The molecule has 0 fully saturated rings. The highest BCUT2D eigenvalue weighted by Crippen LogP contribution is 2.57. The molecule has 0 bridgehead atoms. The Morgan fingerprint density at radius 3 is 1.55 bits per heavy atom. The van der Waals surface area contributed by atoms with Gasteiger partial charge in [0.05, 0.1) is 5.41 Å². The molecule has 1 aliphatic carbocycles. The lowest BCUT2D eigenvalue weighted by molar-refractivity contribution is 0.768. The summed E-state index contributed by atoms with van der Waals surface area (Å²) in [5.74, 6) is 0. The SMILES string of the molecule is c1ccc(C2(c3ccccc3)c3ccccc3-c3ccc(N(c4ccc(-c5cccc(-c6cccc7ccccc67)c5)cc4)c4ccc(-c5ccc6c(c5)sc5ccccc56)cc4)cc32)cc1. The molecule has 1 aromatic heterocycles. The number of nitrogens with zero attached hydrogens (tertiary/aromatic N) is 1. The van der Waals surface area contributed by atoms with E-state index >= 15 is 0 Å². The summed E-state index contributed by atoms with van der Waals surface area (Å²) in [5.41, 5.74) is 17.7. The van der Waals surface area contributed by atoms with Gasteiger partial charge in [-0.25, -0.2) is 0 Å².